The Morgan fingerprint density at radius 1 is 0.634 bits per heavy atom. The maximum absolute atomic E-state index is 13.2. The van der Waals surface area contributed by atoms with Crippen LogP contribution in [0.2, 0.25) is 20.1 Å². The molecular weight excluding hydrogens is 640 g/mol. The third-order valence-electron chi connectivity index (χ3n) is 7.56. The number of nitrogens with one attached hydrogen (secondary N) is 2. The van der Waals surface area contributed by atoms with E-state index in [2.05, 4.69) is 9.97 Å². The van der Waals surface area contributed by atoms with E-state index in [0.29, 0.717) is 55.8 Å². The van der Waals surface area contributed by atoms with Crippen LogP contribution in [0.25, 0.3) is 21.8 Å². The molecule has 0 bridgehead atoms. The van der Waals surface area contributed by atoms with E-state index in [1.54, 1.807) is 12.1 Å². The van der Waals surface area contributed by atoms with E-state index < -0.39 is 23.6 Å². The fourth-order valence-corrected chi connectivity index (χ4v) is 6.71. The summed E-state index contributed by atoms with van der Waals surface area (Å²) in [6.07, 6.45) is -8.79. The molecule has 4 aromatic rings. The van der Waals surface area contributed by atoms with Crippen molar-refractivity contribution in [2.45, 2.75) is 69.5 Å². The number of alkyl halides is 6. The lowest BCUT2D eigenvalue weighted by Crippen LogP contribution is -2.45. The molecule has 2 atom stereocenters. The van der Waals surface area contributed by atoms with Gasteiger partial charge in [0.05, 0.1) is 32.5 Å². The van der Waals surface area contributed by atoms with Crippen LogP contribution in [0, 0.1) is 0 Å². The molecule has 6 rings (SSSR count). The molecule has 0 spiro atoms. The van der Waals surface area contributed by atoms with Crippen LogP contribution in [0.15, 0.2) is 24.3 Å². The van der Waals surface area contributed by atoms with E-state index in [9.17, 15) is 36.6 Å². The largest absolute Gasteiger partial charge is 0.422 e. The summed E-state index contributed by atoms with van der Waals surface area (Å²) >= 11 is 23.8. The fraction of sp³-hybridized carbons (Fsp3) is 0.407. The molecule has 0 radical (unpaired) electrons. The number of aliphatic hydroxyl groups is 2. The first-order valence-corrected chi connectivity index (χ1v) is 13.6. The zero-order valence-electron chi connectivity index (χ0n) is 20.2. The van der Waals surface area contributed by atoms with Crippen LogP contribution in [0.1, 0.15) is 55.6 Å². The van der Waals surface area contributed by atoms with Gasteiger partial charge < -0.3 is 20.2 Å². The van der Waals surface area contributed by atoms with Gasteiger partial charge in [0, 0.05) is 20.8 Å². The molecule has 4 nitrogen and oxygen atoms in total. The Balaban J connectivity index is 0.000000184. The Hall–Kier alpha value is -1.82. The van der Waals surface area contributed by atoms with Gasteiger partial charge in [-0.3, -0.25) is 0 Å². The summed E-state index contributed by atoms with van der Waals surface area (Å²) < 4.78 is 79.1. The van der Waals surface area contributed by atoms with Crippen LogP contribution in [0.5, 0.6) is 0 Å². The number of fused-ring (bicyclic) bond motifs is 6. The molecule has 2 aliphatic carbocycles. The van der Waals surface area contributed by atoms with Crippen LogP contribution < -0.4 is 0 Å². The lowest BCUT2D eigenvalue weighted by atomic mass is 9.82. The average molecular weight is 664 g/mol. The highest BCUT2D eigenvalue weighted by molar-refractivity contribution is 6.39. The first-order valence-electron chi connectivity index (χ1n) is 12.1. The van der Waals surface area contributed by atoms with Crippen molar-refractivity contribution in [1.82, 2.24) is 9.97 Å². The number of H-pyrrole nitrogens is 2. The smallest absolute Gasteiger partial charge is 0.375 e. The zero-order valence-corrected chi connectivity index (χ0v) is 23.2. The molecule has 0 amide bonds. The second kappa shape index (κ2) is 10.7. The van der Waals surface area contributed by atoms with Crippen LogP contribution in [0.3, 0.4) is 0 Å². The van der Waals surface area contributed by atoms with E-state index in [1.165, 1.54) is 12.1 Å². The summed E-state index contributed by atoms with van der Waals surface area (Å²) in [4.78, 5) is 5.30. The Morgan fingerprint density at radius 2 is 0.976 bits per heavy atom. The van der Waals surface area contributed by atoms with Gasteiger partial charge >= 0.3 is 12.4 Å². The summed E-state index contributed by atoms with van der Waals surface area (Å²) in [5, 5.41) is 22.4. The van der Waals surface area contributed by atoms with Gasteiger partial charge in [0.25, 0.3) is 0 Å². The van der Waals surface area contributed by atoms with E-state index in [-0.39, 0.29) is 54.5 Å². The van der Waals surface area contributed by atoms with Crippen molar-refractivity contribution in [3.8, 4) is 0 Å². The molecule has 0 aliphatic heterocycles. The molecule has 4 N–H and O–H groups in total. The van der Waals surface area contributed by atoms with Gasteiger partial charge in [0.2, 0.25) is 11.2 Å². The Morgan fingerprint density at radius 3 is 1.29 bits per heavy atom. The molecule has 224 valence electrons. The summed E-state index contributed by atoms with van der Waals surface area (Å²) in [6, 6.07) is 6.06. The van der Waals surface area contributed by atoms with Gasteiger partial charge in [-0.05, 0) is 73.9 Å². The number of hydrogen-bond donors (Lipinski definition) is 4. The van der Waals surface area contributed by atoms with Gasteiger partial charge in [0.1, 0.15) is 0 Å². The van der Waals surface area contributed by atoms with Gasteiger partial charge in [-0.1, -0.05) is 53.8 Å². The van der Waals surface area contributed by atoms with Crippen molar-refractivity contribution in [2.75, 3.05) is 0 Å². The fourth-order valence-electron chi connectivity index (χ4n) is 5.63. The Kier molecular flexibility index (Phi) is 8.39. The van der Waals surface area contributed by atoms with Crippen LogP contribution in [-0.2, 0) is 24.0 Å². The average Bonchev–Trinajstić information content (AvgIpc) is 3.40. The lowest BCUT2D eigenvalue weighted by Gasteiger charge is -2.33. The predicted molar refractivity (Wildman–Crippen MR) is 149 cm³/mol. The van der Waals surface area contributed by atoms with Gasteiger partial charge in [-0.25, -0.2) is 0 Å². The number of aryl methyl sites for hydroxylation is 2. The number of benzene rings is 2. The van der Waals surface area contributed by atoms with E-state index in [4.69, 9.17) is 46.4 Å². The van der Waals surface area contributed by atoms with Crippen molar-refractivity contribution >= 4 is 68.2 Å². The molecule has 2 heterocycles. The van der Waals surface area contributed by atoms with E-state index in [0.717, 1.165) is 0 Å². The predicted octanol–water partition coefficient (Wildman–Crippen LogP) is 9.76. The molecular formula is C27H24Cl4F6N2O2. The Labute approximate surface area is 250 Å². The molecule has 2 aromatic carbocycles. The standard InChI is InChI=1S/2C13H10Cl2F3NO.CH4/c2*14-6-4-8-7-2-1-3-12(20,13(16,17)18)11(7)19-10(8)9(15)5-6;/h2*4-5,19-20H,1-3H2;1H4/t12-;;/m1../s1. The molecule has 0 saturated carbocycles. The SMILES string of the molecule is C.OC1(C(F)(F)F)CCCc2c1[nH]c1c(Cl)cc(Cl)cc21.O[C@]1(C(F)(F)F)CCCc2c1[nH]c1c(Cl)cc(Cl)cc21. The van der Waals surface area contributed by atoms with E-state index in [1.807, 2.05) is 0 Å². The van der Waals surface area contributed by atoms with Gasteiger partial charge in [-0.2, -0.15) is 26.3 Å². The summed E-state index contributed by atoms with van der Waals surface area (Å²) in [5.41, 5.74) is -4.49. The summed E-state index contributed by atoms with van der Waals surface area (Å²) in [6.45, 7) is 0. The van der Waals surface area contributed by atoms with Crippen LogP contribution in [0.4, 0.5) is 26.3 Å². The third-order valence-corrected chi connectivity index (χ3v) is 8.59. The van der Waals surface area contributed by atoms with Crippen molar-refractivity contribution in [3.63, 3.8) is 0 Å². The molecule has 41 heavy (non-hydrogen) atoms. The van der Waals surface area contributed by atoms with Crippen molar-refractivity contribution < 1.29 is 36.6 Å². The van der Waals surface area contributed by atoms with E-state index >= 15 is 0 Å². The van der Waals surface area contributed by atoms with Crippen LogP contribution >= 0.6 is 46.4 Å². The summed E-state index contributed by atoms with van der Waals surface area (Å²) in [5.74, 6) is 0. The lowest BCUT2D eigenvalue weighted by molar-refractivity contribution is -0.272. The highest BCUT2D eigenvalue weighted by Gasteiger charge is 2.58. The van der Waals surface area contributed by atoms with Crippen molar-refractivity contribution in [3.05, 3.63) is 66.9 Å². The second-order valence-corrected chi connectivity index (χ2v) is 11.7. The monoisotopic (exact) mass is 662 g/mol. The highest BCUT2D eigenvalue weighted by atomic mass is 35.5. The number of aromatic amines is 2. The molecule has 1 unspecified atom stereocenters. The minimum atomic E-state index is -4.74. The van der Waals surface area contributed by atoms with Crippen molar-refractivity contribution in [2.24, 2.45) is 0 Å². The summed E-state index contributed by atoms with van der Waals surface area (Å²) in [7, 11) is 0. The van der Waals surface area contributed by atoms with Gasteiger partial charge in [-0.15, -0.1) is 0 Å². The number of hydrogen-bond acceptors (Lipinski definition) is 2. The molecule has 0 saturated heterocycles. The minimum Gasteiger partial charge on any atom is -0.375 e. The normalized spacial score (nSPS) is 22.5. The maximum atomic E-state index is 13.2. The highest BCUT2D eigenvalue weighted by Crippen LogP contribution is 2.50. The number of halogens is 10. The molecule has 2 aliphatic rings. The van der Waals surface area contributed by atoms with Crippen molar-refractivity contribution in [1.29, 1.82) is 0 Å². The maximum Gasteiger partial charge on any atom is 0.422 e. The number of aromatic nitrogens is 2. The molecule has 2 aromatic heterocycles. The molecule has 0 fully saturated rings. The van der Waals surface area contributed by atoms with Gasteiger partial charge in [0.15, 0.2) is 0 Å². The first-order chi connectivity index (χ1) is 18.5. The second-order valence-electron chi connectivity index (χ2n) is 10.0. The minimum absolute atomic E-state index is 0. The quantitative estimate of drug-likeness (QED) is 0.141. The third kappa shape index (κ3) is 5.18. The number of rotatable bonds is 0. The zero-order chi connectivity index (χ0) is 29.4. The Bertz CT molecular complexity index is 1510. The molecule has 14 heteroatoms. The first kappa shape index (κ1) is 32.1. The topological polar surface area (TPSA) is 72.0 Å². The van der Waals surface area contributed by atoms with Crippen LogP contribution in [-0.4, -0.2) is 32.5 Å².